The number of hydrogen-bond donors (Lipinski definition) is 2. The van der Waals surface area contributed by atoms with Gasteiger partial charge in [-0.2, -0.15) is 0 Å². The number of nitrogens with zero attached hydrogens (tertiary/aromatic N) is 1. The van der Waals surface area contributed by atoms with Crippen LogP contribution >= 0.6 is 0 Å². The number of hydrogen-bond acceptors (Lipinski definition) is 3. The lowest BCUT2D eigenvalue weighted by molar-refractivity contribution is -0.139. The molecule has 0 saturated carbocycles. The zero-order chi connectivity index (χ0) is 10.6. The first-order chi connectivity index (χ1) is 6.65. The van der Waals surface area contributed by atoms with Crippen LogP contribution < -0.4 is 5.73 Å². The minimum absolute atomic E-state index is 0.375. The van der Waals surface area contributed by atoms with Crippen LogP contribution in [-0.4, -0.2) is 41.1 Å². The van der Waals surface area contributed by atoms with Crippen molar-refractivity contribution in [2.24, 2.45) is 5.73 Å². The third-order valence-electron chi connectivity index (χ3n) is 3.00. The van der Waals surface area contributed by atoms with Crippen LogP contribution in [0, 0.1) is 0 Å². The predicted molar refractivity (Wildman–Crippen MR) is 55.1 cm³/mol. The number of carbonyl (C=O) groups is 1. The summed E-state index contributed by atoms with van der Waals surface area (Å²) in [7, 11) is 0. The predicted octanol–water partition coefficient (Wildman–Crippen LogP) is 0.663. The molecule has 4 nitrogen and oxygen atoms in total. The number of rotatable bonds is 4. The van der Waals surface area contributed by atoms with E-state index in [4.69, 9.17) is 10.8 Å². The number of aliphatic carboxylic acids is 1. The van der Waals surface area contributed by atoms with E-state index in [2.05, 4.69) is 11.8 Å². The van der Waals surface area contributed by atoms with Crippen molar-refractivity contribution in [3.05, 3.63) is 0 Å². The molecule has 82 valence electrons. The van der Waals surface area contributed by atoms with E-state index in [1.807, 2.05) is 0 Å². The van der Waals surface area contributed by atoms with Crippen molar-refractivity contribution in [1.29, 1.82) is 0 Å². The summed E-state index contributed by atoms with van der Waals surface area (Å²) in [5.41, 5.74) is 5.54. The summed E-state index contributed by atoms with van der Waals surface area (Å²) in [6.07, 6.45) is 4.11. The van der Waals surface area contributed by atoms with Crippen molar-refractivity contribution in [1.82, 2.24) is 4.90 Å². The quantitative estimate of drug-likeness (QED) is 0.699. The van der Waals surface area contributed by atoms with Crippen molar-refractivity contribution >= 4 is 5.97 Å². The Bertz CT molecular complexity index is 197. The molecule has 1 fully saturated rings. The second-order valence-corrected chi connectivity index (χ2v) is 3.96. The fourth-order valence-corrected chi connectivity index (χ4v) is 2.14. The Kier molecular flexibility index (Phi) is 4.35. The first-order valence-electron chi connectivity index (χ1n) is 5.37. The van der Waals surface area contributed by atoms with Crippen LogP contribution in [-0.2, 0) is 4.79 Å². The number of likely N-dealkylation sites (tertiary alicyclic amines) is 1. The molecule has 0 bridgehead atoms. The molecule has 0 amide bonds. The highest BCUT2D eigenvalue weighted by Crippen LogP contribution is 2.19. The fraction of sp³-hybridized carbons (Fsp3) is 0.900. The molecule has 4 heteroatoms. The molecule has 0 aromatic rings. The summed E-state index contributed by atoms with van der Waals surface area (Å²) in [5.74, 6) is -0.883. The molecule has 1 rings (SSSR count). The van der Waals surface area contributed by atoms with Crippen LogP contribution in [0.4, 0.5) is 0 Å². The molecule has 1 aliphatic rings. The van der Waals surface area contributed by atoms with Crippen LogP contribution in [0.25, 0.3) is 0 Å². The highest BCUT2D eigenvalue weighted by atomic mass is 16.4. The summed E-state index contributed by atoms with van der Waals surface area (Å²) in [4.78, 5) is 13.0. The van der Waals surface area contributed by atoms with E-state index in [9.17, 15) is 4.79 Å². The number of carboxylic acid groups (broad SMARTS) is 1. The van der Waals surface area contributed by atoms with Crippen LogP contribution in [0.2, 0.25) is 0 Å². The number of nitrogens with two attached hydrogens (primary N) is 1. The number of piperidine rings is 1. The molecule has 1 aliphatic heterocycles. The molecule has 0 radical (unpaired) electrons. The van der Waals surface area contributed by atoms with E-state index in [0.29, 0.717) is 12.5 Å². The average Bonchev–Trinajstić information content (AvgIpc) is 2.18. The van der Waals surface area contributed by atoms with Gasteiger partial charge in [-0.1, -0.05) is 13.3 Å². The Morgan fingerprint density at radius 2 is 2.36 bits per heavy atom. The molecule has 0 aliphatic carbocycles. The largest absolute Gasteiger partial charge is 0.480 e. The second-order valence-electron chi connectivity index (χ2n) is 3.96. The maximum atomic E-state index is 10.6. The Morgan fingerprint density at radius 1 is 1.64 bits per heavy atom. The van der Waals surface area contributed by atoms with E-state index in [1.165, 1.54) is 12.8 Å². The summed E-state index contributed by atoms with van der Waals surface area (Å²) in [6.45, 7) is 4.20. The van der Waals surface area contributed by atoms with Gasteiger partial charge in [0.2, 0.25) is 0 Å². The molecule has 0 spiro atoms. The van der Waals surface area contributed by atoms with Crippen LogP contribution in [0.3, 0.4) is 0 Å². The van der Waals surface area contributed by atoms with E-state index in [-0.39, 0.29) is 0 Å². The lowest BCUT2D eigenvalue weighted by Crippen LogP contribution is -2.44. The zero-order valence-electron chi connectivity index (χ0n) is 8.78. The van der Waals surface area contributed by atoms with Gasteiger partial charge in [-0.15, -0.1) is 0 Å². The molecule has 1 heterocycles. The minimum atomic E-state index is -0.883. The molecule has 14 heavy (non-hydrogen) atoms. The van der Waals surface area contributed by atoms with E-state index in [1.54, 1.807) is 0 Å². The first-order valence-corrected chi connectivity index (χ1v) is 5.37. The van der Waals surface area contributed by atoms with Crippen molar-refractivity contribution in [3.8, 4) is 0 Å². The average molecular weight is 200 g/mol. The summed E-state index contributed by atoms with van der Waals surface area (Å²) in [6, 6.07) is -0.327. The van der Waals surface area contributed by atoms with Crippen molar-refractivity contribution in [2.45, 2.75) is 44.7 Å². The number of carboxylic acids is 1. The lowest BCUT2D eigenvalue weighted by Gasteiger charge is -2.35. The van der Waals surface area contributed by atoms with E-state index in [0.717, 1.165) is 19.5 Å². The molecule has 2 unspecified atom stereocenters. The topological polar surface area (TPSA) is 66.6 Å². The Morgan fingerprint density at radius 3 is 2.93 bits per heavy atom. The Balaban J connectivity index is 2.44. The molecule has 3 N–H and O–H groups in total. The molecule has 2 atom stereocenters. The molecular weight excluding hydrogens is 180 g/mol. The standard InChI is InChI=1S/C10H20N2O2/c1-2-12-6-4-3-5-8(12)7-9(11)10(13)14/h8-9H,2-7,11H2,1H3,(H,13,14). The van der Waals surface area contributed by atoms with Crippen LogP contribution in [0.5, 0.6) is 0 Å². The summed E-state index contributed by atoms with van der Waals surface area (Å²) < 4.78 is 0. The van der Waals surface area contributed by atoms with Gasteiger partial charge in [0.25, 0.3) is 0 Å². The van der Waals surface area contributed by atoms with Crippen molar-refractivity contribution in [2.75, 3.05) is 13.1 Å². The Labute approximate surface area is 85.1 Å². The summed E-state index contributed by atoms with van der Waals surface area (Å²) in [5, 5.41) is 8.73. The SMILES string of the molecule is CCN1CCCCC1CC(N)C(=O)O. The third kappa shape index (κ3) is 2.96. The summed E-state index contributed by atoms with van der Waals surface area (Å²) >= 11 is 0. The normalized spacial score (nSPS) is 26.0. The lowest BCUT2D eigenvalue weighted by atomic mass is 9.96. The van der Waals surface area contributed by atoms with Gasteiger partial charge in [0.05, 0.1) is 0 Å². The smallest absolute Gasteiger partial charge is 0.320 e. The Hall–Kier alpha value is -0.610. The maximum Gasteiger partial charge on any atom is 0.320 e. The van der Waals surface area contributed by atoms with Gasteiger partial charge in [-0.3, -0.25) is 4.79 Å². The van der Waals surface area contributed by atoms with Crippen molar-refractivity contribution in [3.63, 3.8) is 0 Å². The van der Waals surface area contributed by atoms with Gasteiger partial charge < -0.3 is 15.7 Å². The van der Waals surface area contributed by atoms with Crippen LogP contribution in [0.1, 0.15) is 32.6 Å². The zero-order valence-corrected chi connectivity index (χ0v) is 8.78. The highest BCUT2D eigenvalue weighted by molar-refractivity contribution is 5.73. The maximum absolute atomic E-state index is 10.6. The van der Waals surface area contributed by atoms with Crippen molar-refractivity contribution < 1.29 is 9.90 Å². The molecule has 0 aromatic carbocycles. The van der Waals surface area contributed by atoms with Gasteiger partial charge in [0.15, 0.2) is 0 Å². The van der Waals surface area contributed by atoms with Gasteiger partial charge in [-0.25, -0.2) is 0 Å². The first kappa shape index (κ1) is 11.5. The van der Waals surface area contributed by atoms with Gasteiger partial charge in [0, 0.05) is 6.04 Å². The monoisotopic (exact) mass is 200 g/mol. The minimum Gasteiger partial charge on any atom is -0.480 e. The molecular formula is C10H20N2O2. The van der Waals surface area contributed by atoms with E-state index >= 15 is 0 Å². The third-order valence-corrected chi connectivity index (χ3v) is 3.00. The van der Waals surface area contributed by atoms with Crippen LogP contribution in [0.15, 0.2) is 0 Å². The van der Waals surface area contributed by atoms with Gasteiger partial charge in [-0.05, 0) is 32.4 Å². The molecule has 1 saturated heterocycles. The van der Waals surface area contributed by atoms with Gasteiger partial charge in [0.1, 0.15) is 6.04 Å². The fourth-order valence-electron chi connectivity index (χ4n) is 2.14. The highest BCUT2D eigenvalue weighted by Gasteiger charge is 2.25. The van der Waals surface area contributed by atoms with Gasteiger partial charge >= 0.3 is 5.97 Å². The second kappa shape index (κ2) is 5.32. The molecule has 0 aromatic heterocycles. The van der Waals surface area contributed by atoms with E-state index < -0.39 is 12.0 Å².